The van der Waals surface area contributed by atoms with Gasteiger partial charge in [-0.15, -0.1) is 0 Å². The number of carbonyl (C=O) groups excluding carboxylic acids is 1. The fraction of sp³-hybridized carbons (Fsp3) is 0.250. The summed E-state index contributed by atoms with van der Waals surface area (Å²) in [7, 11) is -1.74. The van der Waals surface area contributed by atoms with Gasteiger partial charge in [0.25, 0.3) is 0 Å². The first-order chi connectivity index (χ1) is 6.43. The fourth-order valence-corrected chi connectivity index (χ4v) is 2.27. The summed E-state index contributed by atoms with van der Waals surface area (Å²) in [5.41, 5.74) is 1.60. The summed E-state index contributed by atoms with van der Waals surface area (Å²) < 4.78 is 0. The molecule has 74 valence electrons. The average molecular weight is 204 g/mol. The predicted molar refractivity (Wildman–Crippen MR) is 63.8 cm³/mol. The molecule has 14 heavy (non-hydrogen) atoms. The molecule has 0 bridgehead atoms. The summed E-state index contributed by atoms with van der Waals surface area (Å²) in [5.74, 6) is 0. The molecule has 0 radical (unpaired) electrons. The van der Waals surface area contributed by atoms with Crippen LogP contribution in [-0.4, -0.2) is 13.5 Å². The van der Waals surface area contributed by atoms with Gasteiger partial charge in [-0.3, -0.25) is 0 Å². The molecule has 0 aromatic heterocycles. The van der Waals surface area contributed by atoms with Gasteiger partial charge in [-0.05, 0) is 5.56 Å². The van der Waals surface area contributed by atoms with Crippen LogP contribution in [0.5, 0.6) is 0 Å². The van der Waals surface area contributed by atoms with Crippen molar-refractivity contribution in [2.75, 3.05) is 0 Å². The normalized spacial score (nSPS) is 11.1. The highest BCUT2D eigenvalue weighted by Gasteiger charge is 2.26. The molecule has 0 N–H and O–H groups in total. The molecule has 0 heterocycles. The fourth-order valence-electron chi connectivity index (χ4n) is 1.22. The largest absolute Gasteiger partial charge is 0.300 e. The molecule has 2 heteroatoms. The van der Waals surface area contributed by atoms with Crippen LogP contribution in [0.4, 0.5) is 0 Å². The molecule has 0 fully saturated rings. The van der Waals surface area contributed by atoms with E-state index in [4.69, 9.17) is 0 Å². The van der Waals surface area contributed by atoms with Gasteiger partial charge in [0.2, 0.25) is 0 Å². The number of hydrogen-bond acceptors (Lipinski definition) is 1. The molecule has 0 unspecified atom stereocenters. The van der Waals surface area contributed by atoms with Crippen LogP contribution in [0, 0.1) is 0 Å². The molecule has 0 spiro atoms. The molecule has 0 atom stereocenters. The highest BCUT2D eigenvalue weighted by atomic mass is 28.3. The van der Waals surface area contributed by atoms with Gasteiger partial charge in [0.15, 0.2) is 0 Å². The van der Waals surface area contributed by atoms with E-state index in [9.17, 15) is 4.79 Å². The Kier molecular flexibility index (Phi) is 3.06. The maximum Gasteiger partial charge on any atom is 0.139 e. The van der Waals surface area contributed by atoms with Gasteiger partial charge in [-0.2, -0.15) is 0 Å². The van der Waals surface area contributed by atoms with Gasteiger partial charge in [-0.25, -0.2) is 0 Å². The first-order valence-corrected chi connectivity index (χ1v) is 8.22. The summed E-state index contributed by atoms with van der Waals surface area (Å²) in [4.78, 5) is 11.9. The smallest absolute Gasteiger partial charge is 0.139 e. The van der Waals surface area contributed by atoms with Crippen molar-refractivity contribution in [3.63, 3.8) is 0 Å². The van der Waals surface area contributed by atoms with E-state index in [2.05, 4.69) is 6.58 Å². The molecule has 0 aliphatic carbocycles. The Morgan fingerprint density at radius 2 is 1.64 bits per heavy atom. The Morgan fingerprint density at radius 1 is 1.14 bits per heavy atom. The van der Waals surface area contributed by atoms with E-state index < -0.39 is 8.07 Å². The molecule has 1 nitrogen and oxygen atoms in total. The van der Waals surface area contributed by atoms with Crippen LogP contribution >= 0.6 is 0 Å². The van der Waals surface area contributed by atoms with Crippen LogP contribution in [-0.2, 0) is 4.79 Å². The molecule has 1 rings (SSSR count). The minimum absolute atomic E-state index is 0.240. The maximum atomic E-state index is 11.9. The SMILES string of the molecule is C=C(C(=O)[Si](C)(C)C)c1ccccc1. The van der Waals surface area contributed by atoms with E-state index in [1.165, 1.54) is 0 Å². The van der Waals surface area contributed by atoms with E-state index in [0.717, 1.165) is 5.56 Å². The molecule has 0 saturated carbocycles. The Bertz CT molecular complexity index is 346. The third-order valence-electron chi connectivity index (χ3n) is 2.08. The van der Waals surface area contributed by atoms with Crippen molar-refractivity contribution in [3.05, 3.63) is 42.5 Å². The maximum absolute atomic E-state index is 11.9. The molecule has 0 amide bonds. The zero-order valence-corrected chi connectivity index (χ0v) is 10.0. The van der Waals surface area contributed by atoms with Crippen LogP contribution in [0.25, 0.3) is 5.57 Å². The lowest BCUT2D eigenvalue weighted by atomic mass is 10.1. The molecule has 1 aromatic carbocycles. The third kappa shape index (κ3) is 2.42. The number of carbonyl (C=O) groups is 1. The topological polar surface area (TPSA) is 17.1 Å². The zero-order valence-electron chi connectivity index (χ0n) is 9.00. The molecule has 0 aliphatic heterocycles. The molecule has 1 aromatic rings. The van der Waals surface area contributed by atoms with E-state index in [-0.39, 0.29) is 5.41 Å². The summed E-state index contributed by atoms with van der Waals surface area (Å²) >= 11 is 0. The van der Waals surface area contributed by atoms with Crippen LogP contribution in [0.2, 0.25) is 19.6 Å². The van der Waals surface area contributed by atoms with Crippen LogP contribution in [0.3, 0.4) is 0 Å². The van der Waals surface area contributed by atoms with Gasteiger partial charge in [0, 0.05) is 5.57 Å². The highest BCUT2D eigenvalue weighted by Crippen LogP contribution is 2.18. The highest BCUT2D eigenvalue weighted by molar-refractivity contribution is 7.08. The number of rotatable bonds is 3. The third-order valence-corrected chi connectivity index (χ3v) is 3.74. The number of hydrogen-bond donors (Lipinski definition) is 0. The second-order valence-electron chi connectivity index (χ2n) is 4.42. The average Bonchev–Trinajstić information content (AvgIpc) is 2.15. The first-order valence-electron chi connectivity index (χ1n) is 4.72. The lowest BCUT2D eigenvalue weighted by Gasteiger charge is -2.15. The lowest BCUT2D eigenvalue weighted by molar-refractivity contribution is -0.107. The van der Waals surface area contributed by atoms with Crippen molar-refractivity contribution in [1.82, 2.24) is 0 Å². The summed E-state index contributed by atoms with van der Waals surface area (Å²) in [6.07, 6.45) is 0. The van der Waals surface area contributed by atoms with Crippen molar-refractivity contribution in [2.45, 2.75) is 19.6 Å². The zero-order chi connectivity index (χ0) is 10.8. The standard InChI is InChI=1S/C12H16OSi/c1-10(12(13)14(2,3)4)11-8-6-5-7-9-11/h5-9H,1H2,2-4H3. The van der Waals surface area contributed by atoms with Crippen molar-refractivity contribution in [3.8, 4) is 0 Å². The van der Waals surface area contributed by atoms with Crippen molar-refractivity contribution >= 4 is 19.1 Å². The number of allylic oxidation sites excluding steroid dienone is 1. The van der Waals surface area contributed by atoms with Gasteiger partial charge in [0.1, 0.15) is 13.5 Å². The second kappa shape index (κ2) is 3.92. The molecule has 0 aliphatic rings. The van der Waals surface area contributed by atoms with Crippen LogP contribution < -0.4 is 0 Å². The minimum Gasteiger partial charge on any atom is -0.300 e. The summed E-state index contributed by atoms with van der Waals surface area (Å²) in [5, 5.41) is 0.240. The molecular formula is C12H16OSi. The summed E-state index contributed by atoms with van der Waals surface area (Å²) in [6, 6.07) is 9.66. The minimum atomic E-state index is -1.74. The Hall–Kier alpha value is -1.15. The first kappa shape index (κ1) is 10.9. The lowest BCUT2D eigenvalue weighted by Crippen LogP contribution is -2.33. The number of benzene rings is 1. The Labute approximate surface area is 86.5 Å². The van der Waals surface area contributed by atoms with Gasteiger partial charge in [0.05, 0.1) is 0 Å². The van der Waals surface area contributed by atoms with Crippen molar-refractivity contribution in [1.29, 1.82) is 0 Å². The van der Waals surface area contributed by atoms with Gasteiger partial charge in [-0.1, -0.05) is 56.6 Å². The molecular weight excluding hydrogens is 188 g/mol. The monoisotopic (exact) mass is 204 g/mol. The van der Waals surface area contributed by atoms with Gasteiger partial charge < -0.3 is 4.79 Å². The Morgan fingerprint density at radius 3 is 2.07 bits per heavy atom. The van der Waals surface area contributed by atoms with E-state index in [0.29, 0.717) is 5.57 Å². The van der Waals surface area contributed by atoms with E-state index in [1.54, 1.807) is 0 Å². The predicted octanol–water partition coefficient (Wildman–Crippen LogP) is 3.15. The van der Waals surface area contributed by atoms with E-state index in [1.807, 2.05) is 50.0 Å². The van der Waals surface area contributed by atoms with Crippen LogP contribution in [0.1, 0.15) is 5.56 Å². The molecule has 0 saturated heterocycles. The quantitative estimate of drug-likeness (QED) is 0.546. The Balaban J connectivity index is 2.93. The summed E-state index contributed by atoms with van der Waals surface area (Å²) in [6.45, 7) is 10.0. The van der Waals surface area contributed by atoms with Crippen LogP contribution in [0.15, 0.2) is 36.9 Å². The second-order valence-corrected chi connectivity index (χ2v) is 9.38. The van der Waals surface area contributed by atoms with E-state index >= 15 is 0 Å². The van der Waals surface area contributed by atoms with Crippen molar-refractivity contribution < 1.29 is 4.79 Å². The van der Waals surface area contributed by atoms with Crippen molar-refractivity contribution in [2.24, 2.45) is 0 Å². The van der Waals surface area contributed by atoms with Gasteiger partial charge >= 0.3 is 0 Å².